The molecule has 26 heavy (non-hydrogen) atoms. The Bertz CT molecular complexity index is 587. The smallest absolute Gasteiger partial charge is 0.159 e. The molecule has 0 atom stereocenters. The van der Waals surface area contributed by atoms with Crippen LogP contribution in [0.5, 0.6) is 0 Å². The van der Waals surface area contributed by atoms with Gasteiger partial charge in [-0.1, -0.05) is 89.5 Å². The molecule has 0 radical (unpaired) electrons. The van der Waals surface area contributed by atoms with Crippen LogP contribution in [-0.4, -0.2) is 9.97 Å². The van der Waals surface area contributed by atoms with Crippen LogP contribution in [0.25, 0.3) is 11.4 Å². The van der Waals surface area contributed by atoms with Crippen LogP contribution in [0.3, 0.4) is 0 Å². The molecule has 0 saturated heterocycles. The molecule has 1 aromatic heterocycles. The minimum Gasteiger partial charge on any atom is -0.236 e. The molecule has 2 rings (SSSR count). The molecule has 0 bridgehead atoms. The van der Waals surface area contributed by atoms with Gasteiger partial charge in [-0.25, -0.2) is 9.97 Å². The van der Waals surface area contributed by atoms with E-state index in [2.05, 4.69) is 48.1 Å². The first-order valence-corrected chi connectivity index (χ1v) is 10.7. The van der Waals surface area contributed by atoms with Crippen LogP contribution in [0.4, 0.5) is 0 Å². The number of hydrogen-bond donors (Lipinski definition) is 0. The zero-order valence-corrected chi connectivity index (χ0v) is 16.8. The standard InChI is InChI=1S/C24H36N2/c1-3-5-7-8-9-10-12-13-21-15-17-23(18-16-21)24-25-19-22(20-26-24)14-11-6-4-2/h15-20H,3-14H2,1-2H3. The summed E-state index contributed by atoms with van der Waals surface area (Å²) in [7, 11) is 0. The van der Waals surface area contributed by atoms with Gasteiger partial charge in [-0.05, 0) is 36.8 Å². The number of aryl methyl sites for hydroxylation is 2. The van der Waals surface area contributed by atoms with Gasteiger partial charge in [0.05, 0.1) is 0 Å². The van der Waals surface area contributed by atoms with Crippen molar-refractivity contribution in [2.75, 3.05) is 0 Å². The summed E-state index contributed by atoms with van der Waals surface area (Å²) in [5.41, 5.74) is 3.80. The molecule has 142 valence electrons. The number of nitrogens with zero attached hydrogens (tertiary/aromatic N) is 2. The van der Waals surface area contributed by atoms with E-state index in [1.165, 1.54) is 81.8 Å². The van der Waals surface area contributed by atoms with Gasteiger partial charge in [0.1, 0.15) is 0 Å². The molecule has 0 amide bonds. The highest BCUT2D eigenvalue weighted by Gasteiger charge is 2.02. The summed E-state index contributed by atoms with van der Waals surface area (Å²) in [5, 5.41) is 0. The first-order valence-electron chi connectivity index (χ1n) is 10.7. The van der Waals surface area contributed by atoms with E-state index in [9.17, 15) is 0 Å². The lowest BCUT2D eigenvalue weighted by Crippen LogP contribution is -1.93. The summed E-state index contributed by atoms with van der Waals surface area (Å²) >= 11 is 0. The third-order valence-electron chi connectivity index (χ3n) is 5.06. The average Bonchev–Trinajstić information content (AvgIpc) is 2.69. The first kappa shape index (κ1) is 20.6. The Hall–Kier alpha value is -1.70. The Morgan fingerprint density at radius 2 is 1.08 bits per heavy atom. The molecule has 0 N–H and O–H groups in total. The molecule has 2 heteroatoms. The van der Waals surface area contributed by atoms with E-state index in [0.717, 1.165) is 17.8 Å². The Labute approximate surface area is 160 Å². The van der Waals surface area contributed by atoms with Crippen molar-refractivity contribution < 1.29 is 0 Å². The molecule has 0 spiro atoms. The van der Waals surface area contributed by atoms with Gasteiger partial charge in [0.25, 0.3) is 0 Å². The second-order valence-corrected chi connectivity index (χ2v) is 7.44. The fourth-order valence-electron chi connectivity index (χ4n) is 3.32. The SMILES string of the molecule is CCCCCCCCCc1ccc(-c2ncc(CCCCC)cn2)cc1. The third-order valence-corrected chi connectivity index (χ3v) is 5.06. The zero-order chi connectivity index (χ0) is 18.5. The van der Waals surface area contributed by atoms with E-state index in [1.54, 1.807) is 0 Å². The molecular formula is C24H36N2. The topological polar surface area (TPSA) is 25.8 Å². The lowest BCUT2D eigenvalue weighted by atomic mass is 10.0. The van der Waals surface area contributed by atoms with Gasteiger partial charge in [0, 0.05) is 18.0 Å². The third kappa shape index (κ3) is 7.68. The predicted octanol–water partition coefficient (Wildman–Crippen LogP) is 7.17. The molecule has 0 aliphatic carbocycles. The fraction of sp³-hybridized carbons (Fsp3) is 0.583. The average molecular weight is 353 g/mol. The van der Waals surface area contributed by atoms with Gasteiger partial charge in [0.2, 0.25) is 0 Å². The van der Waals surface area contributed by atoms with Crippen LogP contribution >= 0.6 is 0 Å². The lowest BCUT2D eigenvalue weighted by Gasteiger charge is -2.05. The number of hydrogen-bond acceptors (Lipinski definition) is 2. The Morgan fingerprint density at radius 1 is 0.577 bits per heavy atom. The van der Waals surface area contributed by atoms with Crippen LogP contribution in [0.15, 0.2) is 36.7 Å². The van der Waals surface area contributed by atoms with Crippen LogP contribution in [-0.2, 0) is 12.8 Å². The number of aromatic nitrogens is 2. The van der Waals surface area contributed by atoms with Crippen molar-refractivity contribution in [1.29, 1.82) is 0 Å². The second kappa shape index (κ2) is 12.6. The van der Waals surface area contributed by atoms with Gasteiger partial charge in [0.15, 0.2) is 5.82 Å². The van der Waals surface area contributed by atoms with Gasteiger partial charge in [-0.2, -0.15) is 0 Å². The Balaban J connectivity index is 1.74. The highest BCUT2D eigenvalue weighted by Crippen LogP contribution is 2.17. The first-order chi connectivity index (χ1) is 12.8. The van der Waals surface area contributed by atoms with E-state index in [-0.39, 0.29) is 0 Å². The highest BCUT2D eigenvalue weighted by molar-refractivity contribution is 5.55. The number of rotatable bonds is 13. The summed E-state index contributed by atoms with van der Waals surface area (Å²) in [5.74, 6) is 0.840. The molecule has 1 aromatic carbocycles. The van der Waals surface area contributed by atoms with Gasteiger partial charge >= 0.3 is 0 Å². The molecule has 0 aliphatic rings. The Kier molecular flexibility index (Phi) is 10.0. The van der Waals surface area contributed by atoms with Gasteiger partial charge in [-0.3, -0.25) is 0 Å². The predicted molar refractivity (Wildman–Crippen MR) is 112 cm³/mol. The van der Waals surface area contributed by atoms with E-state index < -0.39 is 0 Å². The van der Waals surface area contributed by atoms with Crippen LogP contribution in [0, 0.1) is 0 Å². The Morgan fingerprint density at radius 3 is 1.73 bits per heavy atom. The largest absolute Gasteiger partial charge is 0.236 e. The van der Waals surface area contributed by atoms with Crippen molar-refractivity contribution in [2.45, 2.75) is 90.9 Å². The van der Waals surface area contributed by atoms with Crippen molar-refractivity contribution >= 4 is 0 Å². The second-order valence-electron chi connectivity index (χ2n) is 7.44. The molecule has 0 fully saturated rings. The maximum Gasteiger partial charge on any atom is 0.159 e. The highest BCUT2D eigenvalue weighted by atomic mass is 14.9. The quantitative estimate of drug-likeness (QED) is 0.357. The molecule has 0 saturated carbocycles. The van der Waals surface area contributed by atoms with Crippen molar-refractivity contribution in [1.82, 2.24) is 9.97 Å². The fourth-order valence-corrected chi connectivity index (χ4v) is 3.32. The van der Waals surface area contributed by atoms with E-state index >= 15 is 0 Å². The number of benzene rings is 1. The summed E-state index contributed by atoms with van der Waals surface area (Å²) in [6.45, 7) is 4.51. The minimum atomic E-state index is 0.840. The summed E-state index contributed by atoms with van der Waals surface area (Å²) in [4.78, 5) is 9.11. The zero-order valence-electron chi connectivity index (χ0n) is 16.8. The van der Waals surface area contributed by atoms with Crippen LogP contribution in [0.1, 0.15) is 89.2 Å². The number of unbranched alkanes of at least 4 members (excludes halogenated alkanes) is 8. The molecule has 2 aromatic rings. The van der Waals surface area contributed by atoms with E-state index in [1.807, 2.05) is 12.4 Å². The summed E-state index contributed by atoms with van der Waals surface area (Å²) in [6.07, 6.45) is 19.6. The summed E-state index contributed by atoms with van der Waals surface area (Å²) in [6, 6.07) is 8.82. The summed E-state index contributed by atoms with van der Waals surface area (Å²) < 4.78 is 0. The maximum absolute atomic E-state index is 4.56. The monoisotopic (exact) mass is 352 g/mol. The maximum atomic E-state index is 4.56. The minimum absolute atomic E-state index is 0.840. The molecule has 0 unspecified atom stereocenters. The van der Waals surface area contributed by atoms with Crippen molar-refractivity contribution in [3.05, 3.63) is 47.8 Å². The van der Waals surface area contributed by atoms with Gasteiger partial charge in [-0.15, -0.1) is 0 Å². The van der Waals surface area contributed by atoms with Crippen molar-refractivity contribution in [3.8, 4) is 11.4 Å². The van der Waals surface area contributed by atoms with Gasteiger partial charge < -0.3 is 0 Å². The molecule has 0 aliphatic heterocycles. The molecule has 2 nitrogen and oxygen atoms in total. The lowest BCUT2D eigenvalue weighted by molar-refractivity contribution is 0.589. The van der Waals surface area contributed by atoms with Crippen molar-refractivity contribution in [2.24, 2.45) is 0 Å². The van der Waals surface area contributed by atoms with E-state index in [4.69, 9.17) is 0 Å². The molecular weight excluding hydrogens is 316 g/mol. The van der Waals surface area contributed by atoms with Crippen molar-refractivity contribution in [3.63, 3.8) is 0 Å². The van der Waals surface area contributed by atoms with Crippen LogP contribution < -0.4 is 0 Å². The molecule has 1 heterocycles. The van der Waals surface area contributed by atoms with E-state index in [0.29, 0.717) is 0 Å². The van der Waals surface area contributed by atoms with Crippen LogP contribution in [0.2, 0.25) is 0 Å². The normalized spacial score (nSPS) is 11.0.